The number of carbonyl (C=O) groups is 1. The summed E-state index contributed by atoms with van der Waals surface area (Å²) in [5.41, 5.74) is 2.13. The molecular weight excluding hydrogens is 512 g/mol. The van der Waals surface area contributed by atoms with Crippen LogP contribution in [0.5, 0.6) is 11.5 Å². The first kappa shape index (κ1) is 26.7. The smallest absolute Gasteiger partial charge is 0.336 e. The topological polar surface area (TPSA) is 146 Å². The summed E-state index contributed by atoms with van der Waals surface area (Å²) in [4.78, 5) is 44.3. The number of nitrogens with zero attached hydrogens (tertiary/aromatic N) is 2. The van der Waals surface area contributed by atoms with Gasteiger partial charge in [0.2, 0.25) is 0 Å². The van der Waals surface area contributed by atoms with Gasteiger partial charge in [0.05, 0.1) is 42.8 Å². The van der Waals surface area contributed by atoms with Crippen LogP contribution in [0, 0.1) is 10.1 Å². The zero-order valence-corrected chi connectivity index (χ0v) is 22.0. The van der Waals surface area contributed by atoms with E-state index in [-0.39, 0.29) is 17.9 Å². The van der Waals surface area contributed by atoms with Crippen LogP contribution in [0.4, 0.5) is 11.5 Å². The predicted octanol–water partition coefficient (Wildman–Crippen LogP) is 4.38. The van der Waals surface area contributed by atoms with Gasteiger partial charge in [-0.25, -0.2) is 9.78 Å². The van der Waals surface area contributed by atoms with E-state index >= 15 is 0 Å². The third kappa shape index (κ3) is 5.35. The van der Waals surface area contributed by atoms with Crippen molar-refractivity contribution in [1.29, 1.82) is 0 Å². The first-order valence-electron chi connectivity index (χ1n) is 11.6. The number of aromatic amines is 1. The Labute approximate surface area is 222 Å². The number of ether oxygens (including phenoxy) is 3. The molecule has 1 aliphatic rings. The SMILES string of the molecule is CCOC(=O)C1=C(C)Nc2nc(SCc3ccc([N+](=O)[O-])cc3)[nH]c(=O)c2C1c1ccc(OC)c(OC)c1. The first-order valence-corrected chi connectivity index (χ1v) is 12.6. The number of benzene rings is 2. The van der Waals surface area contributed by atoms with Crippen LogP contribution in [0.3, 0.4) is 0 Å². The maximum atomic E-state index is 13.5. The van der Waals surface area contributed by atoms with E-state index in [1.165, 1.54) is 38.1 Å². The number of rotatable bonds is 9. The van der Waals surface area contributed by atoms with Crippen molar-refractivity contribution in [2.45, 2.75) is 30.7 Å². The second-order valence-corrected chi connectivity index (χ2v) is 9.24. The summed E-state index contributed by atoms with van der Waals surface area (Å²) in [6.45, 7) is 3.62. The zero-order valence-electron chi connectivity index (χ0n) is 21.2. The van der Waals surface area contributed by atoms with E-state index in [0.29, 0.717) is 45.1 Å². The van der Waals surface area contributed by atoms with Crippen LogP contribution >= 0.6 is 11.8 Å². The second-order valence-electron chi connectivity index (χ2n) is 8.28. The highest BCUT2D eigenvalue weighted by Gasteiger charge is 2.37. The van der Waals surface area contributed by atoms with Crippen molar-refractivity contribution in [3.8, 4) is 11.5 Å². The molecule has 0 saturated heterocycles. The van der Waals surface area contributed by atoms with Crippen molar-refractivity contribution in [2.75, 3.05) is 26.1 Å². The van der Waals surface area contributed by atoms with E-state index < -0.39 is 22.4 Å². The van der Waals surface area contributed by atoms with Crippen molar-refractivity contribution >= 4 is 29.2 Å². The summed E-state index contributed by atoms with van der Waals surface area (Å²) in [5, 5.41) is 14.4. The number of fused-ring (bicyclic) bond motifs is 1. The molecule has 4 rings (SSSR count). The lowest BCUT2D eigenvalue weighted by atomic mass is 9.82. The fourth-order valence-corrected chi connectivity index (χ4v) is 5.03. The highest BCUT2D eigenvalue weighted by atomic mass is 32.2. The van der Waals surface area contributed by atoms with E-state index in [2.05, 4.69) is 15.3 Å². The Kier molecular flexibility index (Phi) is 8.01. The molecule has 2 heterocycles. The van der Waals surface area contributed by atoms with Gasteiger partial charge in [0.25, 0.3) is 11.2 Å². The number of carbonyl (C=O) groups excluding carboxylic acids is 1. The lowest BCUT2D eigenvalue weighted by molar-refractivity contribution is -0.384. The minimum Gasteiger partial charge on any atom is -0.493 e. The normalized spacial score (nSPS) is 14.4. The second kappa shape index (κ2) is 11.4. The largest absolute Gasteiger partial charge is 0.493 e. The highest BCUT2D eigenvalue weighted by Crippen LogP contribution is 2.42. The van der Waals surface area contributed by atoms with Gasteiger partial charge in [0.15, 0.2) is 16.7 Å². The number of hydrogen-bond acceptors (Lipinski definition) is 10. The quantitative estimate of drug-likeness (QED) is 0.132. The molecule has 11 nitrogen and oxygen atoms in total. The van der Waals surface area contributed by atoms with Crippen molar-refractivity contribution in [3.05, 3.63) is 90.9 Å². The van der Waals surface area contributed by atoms with E-state index in [0.717, 1.165) is 5.56 Å². The molecule has 198 valence electrons. The average molecular weight is 539 g/mol. The number of allylic oxidation sites excluding steroid dienone is 1. The Morgan fingerprint density at radius 2 is 1.84 bits per heavy atom. The van der Waals surface area contributed by atoms with Gasteiger partial charge in [0, 0.05) is 23.6 Å². The van der Waals surface area contributed by atoms with Gasteiger partial charge in [-0.2, -0.15) is 0 Å². The monoisotopic (exact) mass is 538 g/mol. The van der Waals surface area contributed by atoms with Gasteiger partial charge < -0.3 is 24.5 Å². The lowest BCUT2D eigenvalue weighted by Crippen LogP contribution is -2.31. The summed E-state index contributed by atoms with van der Waals surface area (Å²) in [6.07, 6.45) is 0. The number of nitrogens with one attached hydrogen (secondary N) is 2. The Hall–Kier alpha value is -4.32. The molecule has 1 aliphatic heterocycles. The van der Waals surface area contributed by atoms with E-state index in [4.69, 9.17) is 14.2 Å². The van der Waals surface area contributed by atoms with Crippen molar-refractivity contribution in [3.63, 3.8) is 0 Å². The zero-order chi connectivity index (χ0) is 27.4. The lowest BCUT2D eigenvalue weighted by Gasteiger charge is -2.29. The molecular formula is C26H26N4O7S. The van der Waals surface area contributed by atoms with Gasteiger partial charge >= 0.3 is 5.97 Å². The minimum atomic E-state index is -0.768. The van der Waals surface area contributed by atoms with Gasteiger partial charge in [-0.3, -0.25) is 14.9 Å². The predicted molar refractivity (Wildman–Crippen MR) is 142 cm³/mol. The molecule has 12 heteroatoms. The Morgan fingerprint density at radius 3 is 2.47 bits per heavy atom. The van der Waals surface area contributed by atoms with E-state index in [1.807, 2.05) is 0 Å². The average Bonchev–Trinajstić information content (AvgIpc) is 2.90. The number of esters is 1. The molecule has 1 unspecified atom stereocenters. The molecule has 3 aromatic rings. The number of methoxy groups -OCH3 is 2. The fraction of sp³-hybridized carbons (Fsp3) is 0.269. The van der Waals surface area contributed by atoms with Crippen molar-refractivity contribution in [2.24, 2.45) is 0 Å². The van der Waals surface area contributed by atoms with Gasteiger partial charge in [0.1, 0.15) is 5.82 Å². The molecule has 2 N–H and O–H groups in total. The number of nitro groups is 1. The van der Waals surface area contributed by atoms with Gasteiger partial charge in [-0.1, -0.05) is 30.0 Å². The summed E-state index contributed by atoms with van der Waals surface area (Å²) >= 11 is 1.28. The molecule has 0 fully saturated rings. The summed E-state index contributed by atoms with van der Waals surface area (Å²) in [5.74, 6) is 0.403. The molecule has 1 atom stereocenters. The van der Waals surface area contributed by atoms with Crippen LogP contribution in [0.2, 0.25) is 0 Å². The Morgan fingerprint density at radius 1 is 1.13 bits per heavy atom. The van der Waals surface area contributed by atoms with E-state index in [9.17, 15) is 19.7 Å². The van der Waals surface area contributed by atoms with Crippen molar-refractivity contribution in [1.82, 2.24) is 9.97 Å². The third-order valence-electron chi connectivity index (χ3n) is 5.98. The van der Waals surface area contributed by atoms with Crippen LogP contribution in [-0.2, 0) is 15.3 Å². The molecule has 0 aliphatic carbocycles. The van der Waals surface area contributed by atoms with Gasteiger partial charge in [-0.15, -0.1) is 0 Å². The number of anilines is 1. The molecule has 0 radical (unpaired) electrons. The third-order valence-corrected chi connectivity index (χ3v) is 6.92. The summed E-state index contributed by atoms with van der Waals surface area (Å²) in [7, 11) is 3.03. The maximum Gasteiger partial charge on any atom is 0.336 e. The maximum absolute atomic E-state index is 13.5. The molecule has 38 heavy (non-hydrogen) atoms. The van der Waals surface area contributed by atoms with E-state index in [1.54, 1.807) is 44.2 Å². The minimum absolute atomic E-state index is 0.00383. The summed E-state index contributed by atoms with van der Waals surface area (Å²) in [6, 6.07) is 11.4. The molecule has 1 aromatic heterocycles. The fourth-order valence-electron chi connectivity index (χ4n) is 4.21. The van der Waals surface area contributed by atoms with Crippen LogP contribution in [0.25, 0.3) is 0 Å². The Balaban J connectivity index is 1.74. The number of aromatic nitrogens is 2. The van der Waals surface area contributed by atoms with Crippen LogP contribution in [0.1, 0.15) is 36.5 Å². The first-order chi connectivity index (χ1) is 18.3. The number of nitro benzene ring substituents is 1. The highest BCUT2D eigenvalue weighted by molar-refractivity contribution is 7.98. The standard InChI is InChI=1S/C26H26N4O7S/c1-5-37-25(32)20-14(2)27-23-22(21(20)16-8-11-18(35-3)19(12-16)36-4)24(31)29-26(28-23)38-13-15-6-9-17(10-7-15)30(33)34/h6-12,21H,5,13H2,1-4H3,(H2,27,28,29,31). The molecule has 0 spiro atoms. The summed E-state index contributed by atoms with van der Waals surface area (Å²) < 4.78 is 16.1. The Bertz CT molecular complexity index is 1470. The molecule has 0 saturated carbocycles. The van der Waals surface area contributed by atoms with Crippen LogP contribution in [0.15, 0.2) is 63.7 Å². The van der Waals surface area contributed by atoms with Crippen molar-refractivity contribution < 1.29 is 23.9 Å². The van der Waals surface area contributed by atoms with Gasteiger partial charge in [-0.05, 0) is 37.1 Å². The van der Waals surface area contributed by atoms with Crippen LogP contribution < -0.4 is 20.3 Å². The number of H-pyrrole nitrogens is 1. The molecule has 2 aromatic carbocycles. The number of thioether (sulfide) groups is 1. The molecule has 0 bridgehead atoms. The number of non-ortho nitro benzene ring substituents is 1. The number of hydrogen-bond donors (Lipinski definition) is 2. The molecule has 0 amide bonds. The van der Waals surface area contributed by atoms with Crippen LogP contribution in [-0.4, -0.2) is 41.7 Å².